The number of benzene rings is 1. The smallest absolute Gasteiger partial charge is 0.303 e. The molecule has 0 aliphatic carbocycles. The molecular formula is C19H24N2O6. The van der Waals surface area contributed by atoms with Crippen LogP contribution in [0.15, 0.2) is 18.2 Å². The fourth-order valence-electron chi connectivity index (χ4n) is 2.79. The van der Waals surface area contributed by atoms with Gasteiger partial charge in [-0.05, 0) is 56.4 Å². The van der Waals surface area contributed by atoms with Gasteiger partial charge in [0, 0.05) is 18.4 Å². The van der Waals surface area contributed by atoms with Gasteiger partial charge in [-0.2, -0.15) is 0 Å². The topological polar surface area (TPSA) is 122 Å². The molecule has 1 aromatic rings. The van der Waals surface area contributed by atoms with Gasteiger partial charge in [-0.1, -0.05) is 0 Å². The summed E-state index contributed by atoms with van der Waals surface area (Å²) in [5, 5.41) is 13.4. The highest BCUT2D eigenvalue weighted by atomic mass is 16.5. The second-order valence-electron chi connectivity index (χ2n) is 6.51. The third kappa shape index (κ3) is 6.40. The highest BCUT2D eigenvalue weighted by Gasteiger charge is 2.28. The van der Waals surface area contributed by atoms with Gasteiger partial charge in [0.1, 0.15) is 11.8 Å². The number of hydrogen-bond donors (Lipinski definition) is 3. The van der Waals surface area contributed by atoms with Gasteiger partial charge in [-0.15, -0.1) is 0 Å². The third-order valence-corrected chi connectivity index (χ3v) is 4.29. The lowest BCUT2D eigenvalue weighted by Gasteiger charge is -2.22. The Morgan fingerprint density at radius 3 is 2.70 bits per heavy atom. The van der Waals surface area contributed by atoms with Crippen LogP contribution in [0.25, 0.3) is 0 Å². The summed E-state index contributed by atoms with van der Waals surface area (Å²) < 4.78 is 5.63. The lowest BCUT2D eigenvalue weighted by atomic mass is 10.0. The number of carbonyl (C=O) groups excluding carboxylic acids is 3. The summed E-state index contributed by atoms with van der Waals surface area (Å²) in [5.41, 5.74) is 1.15. The zero-order valence-corrected chi connectivity index (χ0v) is 15.2. The van der Waals surface area contributed by atoms with Crippen LogP contribution in [0.1, 0.15) is 54.4 Å². The minimum Gasteiger partial charge on any atom is -0.494 e. The molecule has 1 heterocycles. The van der Waals surface area contributed by atoms with E-state index in [1.165, 1.54) is 0 Å². The van der Waals surface area contributed by atoms with Gasteiger partial charge in [0.2, 0.25) is 11.8 Å². The highest BCUT2D eigenvalue weighted by molar-refractivity contribution is 6.04. The summed E-state index contributed by atoms with van der Waals surface area (Å²) in [6.45, 7) is 2.25. The van der Waals surface area contributed by atoms with Gasteiger partial charge in [-0.25, -0.2) is 0 Å². The number of carboxylic acid groups (broad SMARTS) is 1. The molecule has 1 fully saturated rings. The predicted molar refractivity (Wildman–Crippen MR) is 96.4 cm³/mol. The number of unbranched alkanes of at least 4 members (excludes halogenated alkanes) is 2. The minimum atomic E-state index is -0.794. The number of carbonyl (C=O) groups is 4. The van der Waals surface area contributed by atoms with Crippen molar-refractivity contribution < 1.29 is 29.0 Å². The summed E-state index contributed by atoms with van der Waals surface area (Å²) >= 11 is 0. The number of amides is 3. The maximum atomic E-state index is 12.4. The number of aliphatic carboxylic acids is 1. The van der Waals surface area contributed by atoms with E-state index in [0.717, 1.165) is 12.8 Å². The molecule has 0 bridgehead atoms. The van der Waals surface area contributed by atoms with Crippen molar-refractivity contribution in [1.29, 1.82) is 0 Å². The number of hydrogen-bond acceptors (Lipinski definition) is 5. The van der Waals surface area contributed by atoms with Gasteiger partial charge in [0.15, 0.2) is 0 Å². The number of nitrogens with one attached hydrogen (secondary N) is 2. The number of ether oxygens (including phenoxy) is 1. The number of imide groups is 1. The first-order valence-corrected chi connectivity index (χ1v) is 8.96. The van der Waals surface area contributed by atoms with Crippen LogP contribution in [0.2, 0.25) is 0 Å². The van der Waals surface area contributed by atoms with E-state index < -0.39 is 17.9 Å². The standard InChI is InChI=1S/C19H24N2O6/c1-12-11-13(27-10-4-2-3-5-17(23)24)6-7-14(12)18(25)20-15-8-9-16(22)21-19(15)26/h6-7,11,15H,2-5,8-10H2,1H3,(H,20,25)(H,23,24)(H,21,22,26). The predicted octanol–water partition coefficient (Wildman–Crippen LogP) is 1.55. The second-order valence-corrected chi connectivity index (χ2v) is 6.51. The summed E-state index contributed by atoms with van der Waals surface area (Å²) in [7, 11) is 0. The summed E-state index contributed by atoms with van der Waals surface area (Å²) in [4.78, 5) is 45.7. The number of aryl methyl sites for hydroxylation is 1. The number of piperidine rings is 1. The molecule has 1 aliphatic rings. The van der Waals surface area contributed by atoms with Gasteiger partial charge < -0.3 is 15.2 Å². The molecule has 8 heteroatoms. The Bertz CT molecular complexity index is 731. The monoisotopic (exact) mass is 376 g/mol. The van der Waals surface area contributed by atoms with E-state index in [0.29, 0.717) is 36.3 Å². The Kier molecular flexibility index (Phi) is 7.34. The molecular weight excluding hydrogens is 352 g/mol. The van der Waals surface area contributed by atoms with Gasteiger partial charge in [0.25, 0.3) is 5.91 Å². The maximum Gasteiger partial charge on any atom is 0.303 e. The van der Waals surface area contributed by atoms with Crippen molar-refractivity contribution in [3.05, 3.63) is 29.3 Å². The summed E-state index contributed by atoms with van der Waals surface area (Å²) in [5.74, 6) is -1.35. The van der Waals surface area contributed by atoms with Crippen LogP contribution in [-0.2, 0) is 14.4 Å². The number of carboxylic acids is 1. The van der Waals surface area contributed by atoms with Crippen molar-refractivity contribution in [2.75, 3.05) is 6.61 Å². The normalized spacial score (nSPS) is 16.6. The van der Waals surface area contributed by atoms with E-state index in [2.05, 4.69) is 10.6 Å². The molecule has 2 rings (SSSR count). The van der Waals surface area contributed by atoms with E-state index >= 15 is 0 Å². The van der Waals surface area contributed by atoms with E-state index in [1.54, 1.807) is 25.1 Å². The molecule has 0 saturated carbocycles. The van der Waals surface area contributed by atoms with Crippen LogP contribution in [-0.4, -0.2) is 41.4 Å². The molecule has 1 atom stereocenters. The van der Waals surface area contributed by atoms with Gasteiger partial charge >= 0.3 is 5.97 Å². The molecule has 27 heavy (non-hydrogen) atoms. The first kappa shape index (κ1) is 20.4. The van der Waals surface area contributed by atoms with Crippen LogP contribution in [0.4, 0.5) is 0 Å². The molecule has 0 spiro atoms. The van der Waals surface area contributed by atoms with Gasteiger partial charge in [0.05, 0.1) is 6.61 Å². The van der Waals surface area contributed by atoms with E-state index in [9.17, 15) is 19.2 Å². The van der Waals surface area contributed by atoms with Crippen molar-refractivity contribution in [3.63, 3.8) is 0 Å². The fraction of sp³-hybridized carbons (Fsp3) is 0.474. The molecule has 1 unspecified atom stereocenters. The van der Waals surface area contributed by atoms with Crippen LogP contribution in [0.3, 0.4) is 0 Å². The summed E-state index contributed by atoms with van der Waals surface area (Å²) in [6.07, 6.45) is 2.81. The SMILES string of the molecule is Cc1cc(OCCCCCC(=O)O)ccc1C(=O)NC1CCC(=O)NC1=O. The first-order valence-electron chi connectivity index (χ1n) is 8.96. The molecule has 0 radical (unpaired) electrons. The van der Waals surface area contributed by atoms with Crippen LogP contribution in [0, 0.1) is 6.92 Å². The molecule has 0 aromatic heterocycles. The maximum absolute atomic E-state index is 12.4. The second kappa shape index (κ2) is 9.70. The Balaban J connectivity index is 1.82. The van der Waals surface area contributed by atoms with Crippen LogP contribution < -0.4 is 15.4 Å². The molecule has 3 amide bonds. The van der Waals surface area contributed by atoms with Crippen molar-refractivity contribution in [1.82, 2.24) is 10.6 Å². The molecule has 3 N–H and O–H groups in total. The van der Waals surface area contributed by atoms with E-state index in [4.69, 9.17) is 9.84 Å². The van der Waals surface area contributed by atoms with Crippen molar-refractivity contribution in [2.45, 2.75) is 51.5 Å². The lowest BCUT2D eigenvalue weighted by molar-refractivity contribution is -0.137. The van der Waals surface area contributed by atoms with Gasteiger partial charge in [-0.3, -0.25) is 24.5 Å². The zero-order chi connectivity index (χ0) is 19.8. The molecule has 1 aliphatic heterocycles. The molecule has 146 valence electrons. The lowest BCUT2D eigenvalue weighted by Crippen LogP contribution is -2.52. The third-order valence-electron chi connectivity index (χ3n) is 4.29. The summed E-state index contributed by atoms with van der Waals surface area (Å²) in [6, 6.07) is 4.35. The van der Waals surface area contributed by atoms with Crippen molar-refractivity contribution in [3.8, 4) is 5.75 Å². The average Bonchev–Trinajstić information content (AvgIpc) is 2.60. The minimum absolute atomic E-state index is 0.163. The zero-order valence-electron chi connectivity index (χ0n) is 15.2. The number of rotatable bonds is 9. The fourth-order valence-corrected chi connectivity index (χ4v) is 2.79. The molecule has 8 nitrogen and oxygen atoms in total. The van der Waals surface area contributed by atoms with E-state index in [1.807, 2.05) is 0 Å². The first-order chi connectivity index (χ1) is 12.9. The Hall–Kier alpha value is -2.90. The van der Waals surface area contributed by atoms with Crippen LogP contribution in [0.5, 0.6) is 5.75 Å². The molecule has 1 aromatic carbocycles. The van der Waals surface area contributed by atoms with Crippen molar-refractivity contribution >= 4 is 23.7 Å². The molecule has 1 saturated heterocycles. The van der Waals surface area contributed by atoms with E-state index in [-0.39, 0.29) is 24.7 Å². The average molecular weight is 376 g/mol. The Morgan fingerprint density at radius 2 is 2.04 bits per heavy atom. The van der Waals surface area contributed by atoms with Crippen molar-refractivity contribution in [2.24, 2.45) is 0 Å². The highest BCUT2D eigenvalue weighted by Crippen LogP contribution is 2.18. The van der Waals surface area contributed by atoms with Crippen LogP contribution >= 0.6 is 0 Å². The Labute approximate surface area is 157 Å². The Morgan fingerprint density at radius 1 is 1.26 bits per heavy atom. The quantitative estimate of drug-likeness (QED) is 0.444. The largest absolute Gasteiger partial charge is 0.494 e.